The van der Waals surface area contributed by atoms with E-state index in [9.17, 15) is 14.7 Å². The van der Waals surface area contributed by atoms with E-state index in [0.717, 1.165) is 0 Å². The van der Waals surface area contributed by atoms with Crippen molar-refractivity contribution in [3.63, 3.8) is 0 Å². The molecule has 2 unspecified atom stereocenters. The van der Waals surface area contributed by atoms with Crippen LogP contribution in [0.1, 0.15) is 30.3 Å². The molecule has 8 nitrogen and oxygen atoms in total. The summed E-state index contributed by atoms with van der Waals surface area (Å²) in [6.45, 7) is 1.73. The number of aryl methyl sites for hydroxylation is 1. The second-order valence-electron chi connectivity index (χ2n) is 4.57. The van der Waals surface area contributed by atoms with Gasteiger partial charge in [0.05, 0.1) is 18.5 Å². The van der Waals surface area contributed by atoms with E-state index < -0.39 is 18.0 Å². The molecule has 0 fully saturated rings. The van der Waals surface area contributed by atoms with E-state index in [0.29, 0.717) is 11.3 Å². The van der Waals surface area contributed by atoms with Crippen molar-refractivity contribution in [3.05, 3.63) is 42.1 Å². The molecule has 2 amide bonds. The molecule has 2 aromatic heterocycles. The van der Waals surface area contributed by atoms with Crippen LogP contribution in [-0.4, -0.2) is 26.9 Å². The zero-order valence-corrected chi connectivity index (χ0v) is 11.6. The highest BCUT2D eigenvalue weighted by Gasteiger charge is 2.24. The quantitative estimate of drug-likeness (QED) is 0.767. The Morgan fingerprint density at radius 3 is 2.71 bits per heavy atom. The average molecular weight is 292 g/mol. The Hall–Kier alpha value is -2.77. The van der Waals surface area contributed by atoms with Crippen molar-refractivity contribution in [2.45, 2.75) is 19.0 Å². The Bertz CT molecular complexity index is 620. The van der Waals surface area contributed by atoms with E-state index in [1.165, 1.54) is 23.3 Å². The fourth-order valence-corrected chi connectivity index (χ4v) is 1.86. The number of aromatic nitrogens is 2. The number of nitrogens with zero attached hydrogens (tertiary/aromatic N) is 2. The van der Waals surface area contributed by atoms with Crippen molar-refractivity contribution in [3.8, 4) is 0 Å². The van der Waals surface area contributed by atoms with E-state index in [1.807, 2.05) is 0 Å². The third-order valence-corrected chi connectivity index (χ3v) is 2.90. The molecule has 0 saturated carbocycles. The number of amides is 2. The molecule has 0 radical (unpaired) electrons. The van der Waals surface area contributed by atoms with Gasteiger partial charge in [-0.25, -0.2) is 9.59 Å². The van der Waals surface area contributed by atoms with Gasteiger partial charge in [0.2, 0.25) is 0 Å². The molecule has 0 saturated heterocycles. The predicted molar refractivity (Wildman–Crippen MR) is 72.4 cm³/mol. The summed E-state index contributed by atoms with van der Waals surface area (Å²) in [6, 6.07) is 1.29. The zero-order valence-electron chi connectivity index (χ0n) is 11.6. The molecule has 0 aliphatic rings. The topological polar surface area (TPSA) is 109 Å². The van der Waals surface area contributed by atoms with Crippen molar-refractivity contribution in [1.82, 2.24) is 20.4 Å². The molecule has 0 spiro atoms. The first kappa shape index (κ1) is 14.6. The van der Waals surface area contributed by atoms with Gasteiger partial charge in [0.15, 0.2) is 6.04 Å². The Kier molecular flexibility index (Phi) is 4.27. The lowest BCUT2D eigenvalue weighted by molar-refractivity contribution is -0.139. The molecule has 2 atom stereocenters. The van der Waals surface area contributed by atoms with Crippen LogP contribution in [0.25, 0.3) is 0 Å². The summed E-state index contributed by atoms with van der Waals surface area (Å²) in [4.78, 5) is 23.2. The van der Waals surface area contributed by atoms with Crippen LogP contribution < -0.4 is 10.6 Å². The molecule has 0 aliphatic carbocycles. The van der Waals surface area contributed by atoms with Gasteiger partial charge in [-0.1, -0.05) is 0 Å². The first-order valence-corrected chi connectivity index (χ1v) is 6.29. The number of rotatable bonds is 5. The highest BCUT2D eigenvalue weighted by atomic mass is 16.4. The number of hydrogen-bond donors (Lipinski definition) is 3. The Balaban J connectivity index is 2.00. The third kappa shape index (κ3) is 3.62. The van der Waals surface area contributed by atoms with Gasteiger partial charge < -0.3 is 20.2 Å². The standard InChI is InChI=1S/C13H16N4O4/c1-8(10-4-3-5-21-10)15-13(20)16-11(12(18)19)9-6-14-17(2)7-9/h3-8,11H,1-2H3,(H,18,19)(H2,15,16,20). The highest BCUT2D eigenvalue weighted by Crippen LogP contribution is 2.14. The largest absolute Gasteiger partial charge is 0.479 e. The van der Waals surface area contributed by atoms with Crippen molar-refractivity contribution in [1.29, 1.82) is 0 Å². The lowest BCUT2D eigenvalue weighted by Gasteiger charge is -2.16. The minimum absolute atomic E-state index is 0.372. The van der Waals surface area contributed by atoms with E-state index >= 15 is 0 Å². The van der Waals surface area contributed by atoms with Crippen LogP contribution in [0.2, 0.25) is 0 Å². The van der Waals surface area contributed by atoms with Crippen LogP contribution in [-0.2, 0) is 11.8 Å². The maximum Gasteiger partial charge on any atom is 0.331 e. The molecule has 3 N–H and O–H groups in total. The van der Waals surface area contributed by atoms with Crippen molar-refractivity contribution in [2.24, 2.45) is 7.05 Å². The summed E-state index contributed by atoms with van der Waals surface area (Å²) in [6.07, 6.45) is 4.44. The van der Waals surface area contributed by atoms with E-state index in [1.54, 1.807) is 26.1 Å². The first-order valence-electron chi connectivity index (χ1n) is 6.29. The van der Waals surface area contributed by atoms with Gasteiger partial charge in [-0.15, -0.1) is 0 Å². The first-order chi connectivity index (χ1) is 9.97. The Morgan fingerprint density at radius 2 is 2.19 bits per heavy atom. The SMILES string of the molecule is CC(NC(=O)NC(C(=O)O)c1cnn(C)c1)c1ccco1. The summed E-state index contributed by atoms with van der Waals surface area (Å²) < 4.78 is 6.63. The third-order valence-electron chi connectivity index (χ3n) is 2.90. The Labute approximate surface area is 120 Å². The molecule has 0 aromatic carbocycles. The number of carboxylic acid groups (broad SMARTS) is 1. The monoisotopic (exact) mass is 292 g/mol. The second kappa shape index (κ2) is 6.12. The van der Waals surface area contributed by atoms with Gasteiger partial charge in [-0.3, -0.25) is 4.68 Å². The van der Waals surface area contributed by atoms with Crippen LogP contribution >= 0.6 is 0 Å². The Morgan fingerprint density at radius 1 is 1.43 bits per heavy atom. The molecular weight excluding hydrogens is 276 g/mol. The van der Waals surface area contributed by atoms with Crippen molar-refractivity contribution >= 4 is 12.0 Å². The molecule has 8 heteroatoms. The van der Waals surface area contributed by atoms with Gasteiger partial charge in [-0.05, 0) is 19.1 Å². The van der Waals surface area contributed by atoms with Crippen LogP contribution in [0.4, 0.5) is 4.79 Å². The highest BCUT2D eigenvalue weighted by molar-refractivity contribution is 5.83. The molecule has 0 bridgehead atoms. The van der Waals surface area contributed by atoms with E-state index in [4.69, 9.17) is 4.42 Å². The summed E-state index contributed by atoms with van der Waals surface area (Å²) in [5.74, 6) is -0.581. The normalized spacial score (nSPS) is 13.4. The summed E-state index contributed by atoms with van der Waals surface area (Å²) in [5.41, 5.74) is 0.394. The fraction of sp³-hybridized carbons (Fsp3) is 0.308. The summed E-state index contributed by atoms with van der Waals surface area (Å²) >= 11 is 0. The number of carbonyl (C=O) groups is 2. The molecule has 2 rings (SSSR count). The molecular formula is C13H16N4O4. The number of hydrogen-bond acceptors (Lipinski definition) is 4. The predicted octanol–water partition coefficient (Wildman–Crippen LogP) is 1.20. The van der Waals surface area contributed by atoms with Gasteiger partial charge in [0, 0.05) is 18.8 Å². The second-order valence-corrected chi connectivity index (χ2v) is 4.57. The van der Waals surface area contributed by atoms with Crippen molar-refractivity contribution < 1.29 is 19.1 Å². The molecule has 2 heterocycles. The molecule has 0 aliphatic heterocycles. The molecule has 2 aromatic rings. The van der Waals surface area contributed by atoms with Crippen LogP contribution in [0.3, 0.4) is 0 Å². The average Bonchev–Trinajstić information content (AvgIpc) is 3.06. The van der Waals surface area contributed by atoms with Gasteiger partial charge in [0.25, 0.3) is 0 Å². The van der Waals surface area contributed by atoms with Crippen LogP contribution in [0.5, 0.6) is 0 Å². The number of carboxylic acids is 1. The molecule has 112 valence electrons. The van der Waals surface area contributed by atoms with Gasteiger partial charge in [-0.2, -0.15) is 5.10 Å². The van der Waals surface area contributed by atoms with Gasteiger partial charge in [0.1, 0.15) is 5.76 Å². The number of furan rings is 1. The number of nitrogens with one attached hydrogen (secondary N) is 2. The summed E-state index contributed by atoms with van der Waals surface area (Å²) in [7, 11) is 1.67. The van der Waals surface area contributed by atoms with Crippen LogP contribution in [0, 0.1) is 0 Å². The number of urea groups is 1. The lowest BCUT2D eigenvalue weighted by atomic mass is 10.1. The zero-order chi connectivity index (χ0) is 15.4. The smallest absolute Gasteiger partial charge is 0.331 e. The fourth-order valence-electron chi connectivity index (χ4n) is 1.86. The van der Waals surface area contributed by atoms with E-state index in [2.05, 4.69) is 15.7 Å². The molecule has 21 heavy (non-hydrogen) atoms. The maximum atomic E-state index is 11.9. The van der Waals surface area contributed by atoms with E-state index in [-0.39, 0.29) is 6.04 Å². The number of carbonyl (C=O) groups excluding carboxylic acids is 1. The maximum absolute atomic E-state index is 11.9. The summed E-state index contributed by atoms with van der Waals surface area (Å²) in [5, 5.41) is 18.1. The van der Waals surface area contributed by atoms with Crippen molar-refractivity contribution in [2.75, 3.05) is 0 Å². The minimum atomic E-state index is -1.16. The lowest BCUT2D eigenvalue weighted by Crippen LogP contribution is -2.41. The van der Waals surface area contributed by atoms with Gasteiger partial charge >= 0.3 is 12.0 Å². The van der Waals surface area contributed by atoms with Crippen LogP contribution in [0.15, 0.2) is 35.2 Å². The minimum Gasteiger partial charge on any atom is -0.479 e. The number of aliphatic carboxylic acids is 1.